The first-order chi connectivity index (χ1) is 17.5. The average molecular weight is 568 g/mol. The molecule has 1 aliphatic carbocycles. The maximum atomic E-state index is 12.3. The Morgan fingerprint density at radius 3 is 2.58 bits per heavy atom. The van der Waals surface area contributed by atoms with Crippen LogP contribution in [0.5, 0.6) is 5.75 Å². The molecule has 7 heteroatoms. The minimum atomic E-state index is -0.319. The van der Waals surface area contributed by atoms with Crippen LogP contribution in [-0.4, -0.2) is 22.1 Å². The minimum absolute atomic E-state index is 0.319. The maximum absolute atomic E-state index is 12.3. The lowest BCUT2D eigenvalue weighted by Gasteiger charge is -2.25. The van der Waals surface area contributed by atoms with E-state index in [2.05, 4.69) is 32.6 Å². The first kappa shape index (κ1) is 24.8. The quantitative estimate of drug-likeness (QED) is 0.211. The molecule has 5 rings (SSSR count). The molecule has 3 aromatic carbocycles. The van der Waals surface area contributed by atoms with E-state index in [1.807, 2.05) is 55.5 Å². The number of aromatic nitrogens is 2. The number of nitrogens with zero attached hydrogens (tertiary/aromatic N) is 2. The lowest BCUT2D eigenvalue weighted by Crippen LogP contribution is -2.14. The number of benzene rings is 3. The number of ether oxygens (including phenoxy) is 2. The molecular weight excluding hydrogens is 540 g/mol. The fourth-order valence-electron chi connectivity index (χ4n) is 4.87. The number of carbonyl (C=O) groups excluding carboxylic acids is 1. The van der Waals surface area contributed by atoms with Gasteiger partial charge in [0, 0.05) is 26.7 Å². The van der Waals surface area contributed by atoms with E-state index in [1.165, 1.54) is 19.3 Å². The third-order valence-corrected chi connectivity index (χ3v) is 7.66. The number of carbonyl (C=O) groups is 1. The zero-order valence-corrected chi connectivity index (χ0v) is 22.5. The van der Waals surface area contributed by atoms with Crippen molar-refractivity contribution in [3.8, 4) is 17.1 Å². The van der Waals surface area contributed by atoms with E-state index in [-0.39, 0.29) is 5.97 Å². The highest BCUT2D eigenvalue weighted by atomic mass is 79.9. The number of esters is 1. The van der Waals surface area contributed by atoms with Crippen LogP contribution in [-0.2, 0) is 11.3 Å². The fraction of sp³-hybridized carbons (Fsp3) is 0.310. The predicted octanol–water partition coefficient (Wildman–Crippen LogP) is 8.38. The molecule has 1 aliphatic rings. The number of rotatable bonds is 7. The largest absolute Gasteiger partial charge is 0.489 e. The second-order valence-electron chi connectivity index (χ2n) is 9.07. The summed E-state index contributed by atoms with van der Waals surface area (Å²) in [6.45, 7) is 2.58. The van der Waals surface area contributed by atoms with Crippen molar-refractivity contribution in [3.05, 3.63) is 81.3 Å². The summed E-state index contributed by atoms with van der Waals surface area (Å²) in [5.41, 5.74) is 4.40. The zero-order chi connectivity index (χ0) is 25.1. The Labute approximate surface area is 224 Å². The summed E-state index contributed by atoms with van der Waals surface area (Å²) in [7, 11) is 0. The van der Waals surface area contributed by atoms with E-state index in [9.17, 15) is 4.79 Å². The van der Waals surface area contributed by atoms with Gasteiger partial charge >= 0.3 is 5.97 Å². The monoisotopic (exact) mass is 566 g/mol. The van der Waals surface area contributed by atoms with Gasteiger partial charge in [0.25, 0.3) is 0 Å². The first-order valence-corrected chi connectivity index (χ1v) is 13.6. The Balaban J connectivity index is 1.46. The molecule has 36 heavy (non-hydrogen) atoms. The molecule has 4 aromatic rings. The Morgan fingerprint density at radius 2 is 1.83 bits per heavy atom. The van der Waals surface area contributed by atoms with Crippen molar-refractivity contribution in [1.82, 2.24) is 9.55 Å². The summed E-state index contributed by atoms with van der Waals surface area (Å²) in [6, 6.07) is 19.8. The molecule has 0 aliphatic heterocycles. The van der Waals surface area contributed by atoms with Gasteiger partial charge in [0.1, 0.15) is 18.2 Å². The van der Waals surface area contributed by atoms with E-state index in [0.29, 0.717) is 29.8 Å². The van der Waals surface area contributed by atoms with Gasteiger partial charge in [-0.3, -0.25) is 0 Å². The molecule has 0 spiro atoms. The minimum Gasteiger partial charge on any atom is -0.489 e. The van der Waals surface area contributed by atoms with Crippen molar-refractivity contribution in [3.63, 3.8) is 0 Å². The van der Waals surface area contributed by atoms with Crippen molar-refractivity contribution >= 4 is 44.5 Å². The number of hydrogen-bond acceptors (Lipinski definition) is 4. The first-order valence-electron chi connectivity index (χ1n) is 12.4. The molecule has 0 atom stereocenters. The highest BCUT2D eigenvalue weighted by Crippen LogP contribution is 2.36. The molecule has 5 nitrogen and oxygen atoms in total. The molecule has 0 bridgehead atoms. The molecule has 0 amide bonds. The standard InChI is InChI=1S/C29H28BrClN2O3/c1-2-35-29(34)20-10-15-27-26(17-20)32-28(33(27)23-6-4-3-5-7-23)19-8-12-24(13-9-19)36-18-21-16-22(31)11-14-25(21)30/h8-17,23H,2-7,18H2,1H3. The molecule has 1 aromatic heterocycles. The lowest BCUT2D eigenvalue weighted by molar-refractivity contribution is 0.0526. The Bertz CT molecular complexity index is 1380. The molecule has 0 N–H and O–H groups in total. The summed E-state index contributed by atoms with van der Waals surface area (Å²) >= 11 is 9.68. The van der Waals surface area contributed by atoms with Gasteiger partial charge in [-0.2, -0.15) is 0 Å². The molecule has 186 valence electrons. The van der Waals surface area contributed by atoms with Crippen LogP contribution in [0.25, 0.3) is 22.4 Å². The van der Waals surface area contributed by atoms with Crippen LogP contribution in [0.15, 0.2) is 65.1 Å². The molecule has 0 radical (unpaired) electrons. The maximum Gasteiger partial charge on any atom is 0.338 e. The van der Waals surface area contributed by atoms with Gasteiger partial charge < -0.3 is 14.0 Å². The van der Waals surface area contributed by atoms with Crippen molar-refractivity contribution in [2.45, 2.75) is 51.7 Å². The number of hydrogen-bond donors (Lipinski definition) is 0. The van der Waals surface area contributed by atoms with Crippen LogP contribution in [0.1, 0.15) is 61.0 Å². The van der Waals surface area contributed by atoms with E-state index in [1.54, 1.807) is 0 Å². The Hall–Kier alpha value is -2.83. The lowest BCUT2D eigenvalue weighted by atomic mass is 9.95. The molecule has 1 saturated carbocycles. The summed E-state index contributed by atoms with van der Waals surface area (Å²) in [6.07, 6.45) is 5.98. The Kier molecular flexibility index (Phi) is 7.63. The molecule has 0 saturated heterocycles. The van der Waals surface area contributed by atoms with Crippen LogP contribution < -0.4 is 4.74 Å². The van der Waals surface area contributed by atoms with Gasteiger partial charge in [-0.05, 0) is 80.4 Å². The van der Waals surface area contributed by atoms with Crippen LogP contribution in [0.2, 0.25) is 5.02 Å². The van der Waals surface area contributed by atoms with Gasteiger partial charge in [0.15, 0.2) is 0 Å². The smallest absolute Gasteiger partial charge is 0.338 e. The third-order valence-electron chi connectivity index (χ3n) is 6.66. The van der Waals surface area contributed by atoms with Crippen LogP contribution >= 0.6 is 27.5 Å². The van der Waals surface area contributed by atoms with Crippen LogP contribution in [0, 0.1) is 0 Å². The summed E-state index contributed by atoms with van der Waals surface area (Å²) in [4.78, 5) is 17.3. The van der Waals surface area contributed by atoms with Gasteiger partial charge in [-0.25, -0.2) is 9.78 Å². The highest BCUT2D eigenvalue weighted by Gasteiger charge is 2.23. The zero-order valence-electron chi connectivity index (χ0n) is 20.2. The summed E-state index contributed by atoms with van der Waals surface area (Å²) in [5, 5.41) is 0.680. The molecule has 1 fully saturated rings. The summed E-state index contributed by atoms with van der Waals surface area (Å²) in [5.74, 6) is 1.37. The predicted molar refractivity (Wildman–Crippen MR) is 147 cm³/mol. The van der Waals surface area contributed by atoms with E-state index >= 15 is 0 Å². The van der Waals surface area contributed by atoms with E-state index in [4.69, 9.17) is 26.1 Å². The van der Waals surface area contributed by atoms with Crippen LogP contribution in [0.4, 0.5) is 0 Å². The SMILES string of the molecule is CCOC(=O)c1ccc2c(c1)nc(-c1ccc(OCc3cc(Cl)ccc3Br)cc1)n2C1CCCCC1. The van der Waals surface area contributed by atoms with Crippen molar-refractivity contribution in [1.29, 1.82) is 0 Å². The van der Waals surface area contributed by atoms with Gasteiger partial charge in [-0.1, -0.05) is 46.8 Å². The van der Waals surface area contributed by atoms with Crippen molar-refractivity contribution in [2.75, 3.05) is 6.61 Å². The summed E-state index contributed by atoms with van der Waals surface area (Å²) < 4.78 is 14.5. The van der Waals surface area contributed by atoms with Crippen molar-refractivity contribution < 1.29 is 14.3 Å². The van der Waals surface area contributed by atoms with E-state index < -0.39 is 0 Å². The van der Waals surface area contributed by atoms with Gasteiger partial charge in [-0.15, -0.1) is 0 Å². The van der Waals surface area contributed by atoms with E-state index in [0.717, 1.165) is 51.0 Å². The van der Waals surface area contributed by atoms with Crippen LogP contribution in [0.3, 0.4) is 0 Å². The second kappa shape index (κ2) is 11.1. The van der Waals surface area contributed by atoms with Gasteiger partial charge in [0.05, 0.1) is 23.2 Å². The molecular formula is C29H28BrClN2O3. The van der Waals surface area contributed by atoms with Crippen molar-refractivity contribution in [2.24, 2.45) is 0 Å². The number of halogens is 2. The number of imidazole rings is 1. The Morgan fingerprint density at radius 1 is 1.06 bits per heavy atom. The molecule has 1 heterocycles. The fourth-order valence-corrected chi connectivity index (χ4v) is 5.42. The second-order valence-corrected chi connectivity index (χ2v) is 10.4. The number of fused-ring (bicyclic) bond motifs is 1. The third kappa shape index (κ3) is 5.30. The highest BCUT2D eigenvalue weighted by molar-refractivity contribution is 9.10. The average Bonchev–Trinajstić information content (AvgIpc) is 3.29. The molecule has 0 unspecified atom stereocenters. The normalized spacial score (nSPS) is 14.2. The topological polar surface area (TPSA) is 53.4 Å². The van der Waals surface area contributed by atoms with Gasteiger partial charge in [0.2, 0.25) is 0 Å².